The van der Waals surface area contributed by atoms with E-state index in [9.17, 15) is 39.2 Å². The molecule has 3 heterocycles. The molecular weight excluding hydrogens is 574 g/mol. The van der Waals surface area contributed by atoms with E-state index in [1.807, 2.05) is 18.8 Å². The summed E-state index contributed by atoms with van der Waals surface area (Å²) in [7, 11) is -5.14. The molecule has 0 radical (unpaired) electrons. The van der Waals surface area contributed by atoms with Crippen LogP contribution < -0.4 is 51.4 Å². The summed E-state index contributed by atoms with van der Waals surface area (Å²) in [5, 5.41) is 30.5. The van der Waals surface area contributed by atoms with E-state index in [1.165, 1.54) is 10.8 Å². The van der Waals surface area contributed by atoms with Gasteiger partial charge in [-0.25, -0.2) is 9.78 Å². The van der Waals surface area contributed by atoms with Gasteiger partial charge in [-0.1, -0.05) is 0 Å². The van der Waals surface area contributed by atoms with Gasteiger partial charge in [0.2, 0.25) is 5.91 Å². The molecule has 0 aliphatic carbocycles. The number of carbonyl (C=O) groups excluding carboxylic acids is 1. The van der Waals surface area contributed by atoms with Gasteiger partial charge in [-0.3, -0.25) is 24.1 Å². The molecule has 18 heteroatoms. The Morgan fingerprint density at radius 3 is 2.39 bits per heavy atom. The number of aliphatic hydroxyl groups is 3. The first kappa shape index (κ1) is 34.3. The maximum absolute atomic E-state index is 12.2. The van der Waals surface area contributed by atoms with Gasteiger partial charge < -0.3 is 39.9 Å². The van der Waals surface area contributed by atoms with Crippen molar-refractivity contribution in [1.82, 2.24) is 24.5 Å². The number of aliphatic hydroxyl groups excluding tert-OH is 3. The number of pyridine rings is 1. The third-order valence-electron chi connectivity index (χ3n) is 5.74. The summed E-state index contributed by atoms with van der Waals surface area (Å²) in [4.78, 5) is 67.4. The Kier molecular flexibility index (Phi) is 12.0. The van der Waals surface area contributed by atoms with E-state index in [1.54, 1.807) is 30.5 Å². The van der Waals surface area contributed by atoms with Crippen LogP contribution in [0.2, 0.25) is 0 Å². The standard InChI is InChI=1S/C17H21N4O9P.C6H6N2O.Na/c1-7-3-9-10(4-8(7)2)21(15-13(18-9)16(25)20-17(26)19-15)5-11(22)14(24)12(23)6-30-31(27,28)29;7-6(9)5-2-1-3-8-4-5;/h3-4,11-12,14,22-24H,5-6H2,1-2H3,(H,20,25,26)(H2,27,28,29);1-4H,(H2,7,9);/q;;+1/p-1/t11-,12+,14-;;/m0../s1. The minimum Gasteiger partial charge on any atom is -0.756 e. The zero-order valence-corrected chi connectivity index (χ0v) is 25.1. The zero-order chi connectivity index (χ0) is 29.8. The van der Waals surface area contributed by atoms with Gasteiger partial charge in [-0.2, -0.15) is 4.98 Å². The number of aromatic amines is 1. The molecule has 2 aromatic rings. The summed E-state index contributed by atoms with van der Waals surface area (Å²) in [6.45, 7) is 2.20. The van der Waals surface area contributed by atoms with E-state index >= 15 is 0 Å². The Hall–Kier alpha value is -2.89. The fourth-order valence-corrected chi connectivity index (χ4v) is 3.90. The molecule has 2 aliphatic rings. The Morgan fingerprint density at radius 1 is 1.17 bits per heavy atom. The molecule has 0 fully saturated rings. The molecule has 7 N–H and O–H groups in total. The maximum atomic E-state index is 12.2. The van der Waals surface area contributed by atoms with Gasteiger partial charge in [0.05, 0.1) is 29.7 Å². The van der Waals surface area contributed by atoms with Gasteiger partial charge in [0.25, 0.3) is 13.4 Å². The molecule has 0 saturated carbocycles. The first-order valence-electron chi connectivity index (χ1n) is 11.5. The Labute approximate surface area is 253 Å². The van der Waals surface area contributed by atoms with Crippen LogP contribution in [0.4, 0.5) is 0 Å². The summed E-state index contributed by atoms with van der Waals surface area (Å²) < 4.78 is 16.0. The van der Waals surface area contributed by atoms with Crippen LogP contribution >= 0.6 is 7.82 Å². The second-order valence-corrected chi connectivity index (χ2v) is 9.88. The number of nitrogens with one attached hydrogen (secondary N) is 1. The van der Waals surface area contributed by atoms with Crippen molar-refractivity contribution in [2.75, 3.05) is 6.61 Å². The molecule has 1 unspecified atom stereocenters. The van der Waals surface area contributed by atoms with E-state index in [-0.39, 0.29) is 41.1 Å². The SMILES string of the molecule is Cc1cc2nc3c(=O)[nH]c(=O)nc-3n(C[C@H](O)[C@H](O)[C@H](O)COP(=O)([O-])O)c2cc1C.NC(=O)c1cccnc1.[Na+]. The number of carbonyl (C=O) groups is 1. The second kappa shape index (κ2) is 14.3. The minimum absolute atomic E-state index is 0. The van der Waals surface area contributed by atoms with Crippen LogP contribution in [-0.2, 0) is 15.6 Å². The van der Waals surface area contributed by atoms with Gasteiger partial charge in [0, 0.05) is 12.4 Å². The number of nitrogens with two attached hydrogens (primary N) is 1. The fraction of sp³-hybridized carbons (Fsp3) is 0.304. The van der Waals surface area contributed by atoms with Gasteiger partial charge >= 0.3 is 35.2 Å². The molecule has 4 rings (SSSR count). The fourth-order valence-electron chi connectivity index (χ4n) is 3.56. The van der Waals surface area contributed by atoms with Crippen molar-refractivity contribution in [3.63, 3.8) is 0 Å². The van der Waals surface area contributed by atoms with Crippen molar-refractivity contribution < 1.29 is 68.5 Å². The minimum atomic E-state index is -5.14. The summed E-state index contributed by atoms with van der Waals surface area (Å²) in [5.41, 5.74) is 5.94. The van der Waals surface area contributed by atoms with Crippen molar-refractivity contribution in [3.8, 4) is 11.5 Å². The summed E-state index contributed by atoms with van der Waals surface area (Å²) in [6, 6.07) is 6.68. The van der Waals surface area contributed by atoms with Gasteiger partial charge in [0.1, 0.15) is 18.3 Å². The van der Waals surface area contributed by atoms with Crippen LogP contribution in [0.25, 0.3) is 22.6 Å². The molecule has 0 saturated heterocycles. The van der Waals surface area contributed by atoms with E-state index in [0.29, 0.717) is 16.6 Å². The summed E-state index contributed by atoms with van der Waals surface area (Å²) >= 11 is 0. The number of rotatable bonds is 8. The number of aryl methyl sites for hydroxylation is 2. The van der Waals surface area contributed by atoms with Crippen LogP contribution in [0.3, 0.4) is 0 Å². The van der Waals surface area contributed by atoms with Crippen LogP contribution in [0.15, 0.2) is 46.2 Å². The molecule has 1 aromatic heterocycles. The first-order chi connectivity index (χ1) is 18.7. The number of hydrogen-bond acceptors (Lipinski definition) is 12. The predicted octanol–water partition coefficient (Wildman–Crippen LogP) is -5.05. The van der Waals surface area contributed by atoms with E-state index in [4.69, 9.17) is 10.6 Å². The van der Waals surface area contributed by atoms with Crippen molar-refractivity contribution in [2.45, 2.75) is 38.7 Å². The van der Waals surface area contributed by atoms with E-state index in [0.717, 1.165) is 11.1 Å². The van der Waals surface area contributed by atoms with Crippen molar-refractivity contribution in [2.24, 2.45) is 5.73 Å². The van der Waals surface area contributed by atoms with Crippen LogP contribution in [0.1, 0.15) is 21.5 Å². The Bertz CT molecular complexity index is 1640. The smallest absolute Gasteiger partial charge is 0.756 e. The average Bonchev–Trinajstić information content (AvgIpc) is 2.88. The summed E-state index contributed by atoms with van der Waals surface area (Å²) in [6.07, 6.45) is -2.47. The van der Waals surface area contributed by atoms with Gasteiger partial charge in [-0.15, -0.1) is 0 Å². The molecule has 0 bridgehead atoms. The Morgan fingerprint density at radius 2 is 1.83 bits per heavy atom. The Balaban J connectivity index is 0.000000501. The maximum Gasteiger partial charge on any atom is 1.00 e. The van der Waals surface area contributed by atoms with Crippen molar-refractivity contribution in [1.29, 1.82) is 0 Å². The van der Waals surface area contributed by atoms with Crippen molar-refractivity contribution in [3.05, 3.63) is 74.2 Å². The zero-order valence-electron chi connectivity index (χ0n) is 22.2. The summed E-state index contributed by atoms with van der Waals surface area (Å²) in [5.74, 6) is -0.594. The number of benzene rings is 1. The monoisotopic (exact) mass is 600 g/mol. The molecule has 4 atom stereocenters. The molecule has 41 heavy (non-hydrogen) atoms. The third kappa shape index (κ3) is 9.05. The molecule has 0 spiro atoms. The molecule has 2 aliphatic heterocycles. The third-order valence-corrected chi connectivity index (χ3v) is 6.21. The van der Waals surface area contributed by atoms with Crippen LogP contribution in [0, 0.1) is 13.8 Å². The van der Waals surface area contributed by atoms with Crippen LogP contribution in [-0.4, -0.2) is 75.5 Å². The van der Waals surface area contributed by atoms with E-state index in [2.05, 4.69) is 19.5 Å². The molecule has 1 amide bonds. The van der Waals surface area contributed by atoms with Gasteiger partial charge in [0.15, 0.2) is 11.5 Å². The number of aromatic nitrogens is 5. The largest absolute Gasteiger partial charge is 1.00 e. The van der Waals surface area contributed by atoms with E-state index < -0.39 is 56.4 Å². The number of H-pyrrole nitrogens is 1. The van der Waals surface area contributed by atoms with Crippen LogP contribution in [0.5, 0.6) is 0 Å². The second-order valence-electron chi connectivity index (χ2n) is 8.69. The number of fused-ring (bicyclic) bond motifs is 2. The number of amides is 1. The number of phosphoric ester groups is 1. The topological polar surface area (TPSA) is 267 Å². The number of primary amides is 1. The first-order valence-corrected chi connectivity index (χ1v) is 13.0. The van der Waals surface area contributed by atoms with Gasteiger partial charge in [-0.05, 0) is 49.2 Å². The molecule has 1 aromatic carbocycles. The van der Waals surface area contributed by atoms with Crippen molar-refractivity contribution >= 4 is 24.8 Å². The quantitative estimate of drug-likeness (QED) is 0.0629. The number of hydrogen-bond donors (Lipinski definition) is 6. The molecular formula is C23H26N6NaO10P. The number of phosphoric acid groups is 1. The average molecular weight is 600 g/mol. The molecule has 16 nitrogen and oxygen atoms in total. The molecule has 214 valence electrons. The predicted molar refractivity (Wildman–Crippen MR) is 137 cm³/mol. The number of nitrogens with zero attached hydrogens (tertiary/aromatic N) is 4. The normalized spacial score (nSPS) is 14.7.